The van der Waals surface area contributed by atoms with Gasteiger partial charge in [0.05, 0.1) is 17.6 Å². The molecule has 1 N–H and O–H groups in total. The predicted octanol–water partition coefficient (Wildman–Crippen LogP) is 3.30. The summed E-state index contributed by atoms with van der Waals surface area (Å²) in [4.78, 5) is 22.1. The number of hydrogen-bond donors (Lipinski definition) is 1. The van der Waals surface area contributed by atoms with Crippen molar-refractivity contribution in [3.05, 3.63) is 69.3 Å². The summed E-state index contributed by atoms with van der Waals surface area (Å²) < 4.78 is 4.69. The summed E-state index contributed by atoms with van der Waals surface area (Å²) in [5.74, 6) is -0.615. The molecule has 6 heteroatoms. The van der Waals surface area contributed by atoms with Gasteiger partial charge in [0, 0.05) is 24.4 Å². The van der Waals surface area contributed by atoms with Crippen molar-refractivity contribution < 1.29 is 14.5 Å². The van der Waals surface area contributed by atoms with Gasteiger partial charge in [-0.25, -0.2) is 4.79 Å². The maximum absolute atomic E-state index is 11.8. The fraction of sp³-hybridized carbons (Fsp3) is 0.188. The molecule has 0 spiro atoms. The molecule has 0 bridgehead atoms. The van der Waals surface area contributed by atoms with Gasteiger partial charge in [-0.3, -0.25) is 10.1 Å². The standard InChI is InChI=1S/C16H16N2O4/c1-11-5-3-4-6-12(11)10-17-15-8-7-13(18(20)21)9-14(15)16(19)22-2/h3-9,17H,10H2,1-2H3. The molecule has 0 unspecified atom stereocenters. The van der Waals surface area contributed by atoms with Crippen LogP contribution in [0.5, 0.6) is 0 Å². The Bertz CT molecular complexity index is 713. The van der Waals surface area contributed by atoms with E-state index in [9.17, 15) is 14.9 Å². The van der Waals surface area contributed by atoms with Gasteiger partial charge in [0.2, 0.25) is 0 Å². The number of carbonyl (C=O) groups excluding carboxylic acids is 1. The van der Waals surface area contributed by atoms with Crippen LogP contribution in [0.4, 0.5) is 11.4 Å². The SMILES string of the molecule is COC(=O)c1cc([N+](=O)[O-])ccc1NCc1ccccc1C. The second-order valence-electron chi connectivity index (χ2n) is 4.76. The number of methoxy groups -OCH3 is 1. The third kappa shape index (κ3) is 3.41. The van der Waals surface area contributed by atoms with Crippen molar-refractivity contribution in [1.29, 1.82) is 0 Å². The van der Waals surface area contributed by atoms with Gasteiger partial charge in [0.15, 0.2) is 0 Å². The van der Waals surface area contributed by atoms with E-state index in [1.54, 1.807) is 0 Å². The zero-order chi connectivity index (χ0) is 16.1. The average molecular weight is 300 g/mol. The summed E-state index contributed by atoms with van der Waals surface area (Å²) >= 11 is 0. The second-order valence-corrected chi connectivity index (χ2v) is 4.76. The minimum atomic E-state index is -0.615. The van der Waals surface area contributed by atoms with Crippen LogP contribution < -0.4 is 5.32 Å². The molecule has 0 radical (unpaired) electrons. The van der Waals surface area contributed by atoms with Gasteiger partial charge in [-0.2, -0.15) is 0 Å². The first-order valence-corrected chi connectivity index (χ1v) is 6.68. The molecule has 0 aliphatic carbocycles. The summed E-state index contributed by atoms with van der Waals surface area (Å²) in [5.41, 5.74) is 2.70. The summed E-state index contributed by atoms with van der Waals surface area (Å²) in [5, 5.41) is 14.0. The number of nitro groups is 1. The van der Waals surface area contributed by atoms with Crippen molar-refractivity contribution >= 4 is 17.3 Å². The summed E-state index contributed by atoms with van der Waals surface area (Å²) in [6.45, 7) is 2.50. The number of rotatable bonds is 5. The van der Waals surface area contributed by atoms with E-state index < -0.39 is 10.9 Å². The Kier molecular flexibility index (Phi) is 4.73. The van der Waals surface area contributed by atoms with Gasteiger partial charge < -0.3 is 10.1 Å². The van der Waals surface area contributed by atoms with Gasteiger partial charge in [0.1, 0.15) is 0 Å². The van der Waals surface area contributed by atoms with Crippen molar-refractivity contribution in [1.82, 2.24) is 0 Å². The van der Waals surface area contributed by atoms with Crippen LogP contribution in [0.25, 0.3) is 0 Å². The summed E-state index contributed by atoms with van der Waals surface area (Å²) in [6.07, 6.45) is 0. The summed E-state index contributed by atoms with van der Waals surface area (Å²) in [7, 11) is 1.24. The quantitative estimate of drug-likeness (QED) is 0.520. The van der Waals surface area contributed by atoms with Crippen LogP contribution in [0.15, 0.2) is 42.5 Å². The maximum atomic E-state index is 11.8. The van der Waals surface area contributed by atoms with E-state index in [0.29, 0.717) is 12.2 Å². The number of nitro benzene ring substituents is 1. The Hall–Kier alpha value is -2.89. The molecule has 2 aromatic rings. The fourth-order valence-corrected chi connectivity index (χ4v) is 2.08. The number of nitrogens with zero attached hydrogens (tertiary/aromatic N) is 1. The molecule has 0 saturated carbocycles. The number of benzene rings is 2. The molecule has 0 atom stereocenters. The Labute approximate surface area is 127 Å². The lowest BCUT2D eigenvalue weighted by Crippen LogP contribution is -2.09. The number of aryl methyl sites for hydroxylation is 1. The lowest BCUT2D eigenvalue weighted by Gasteiger charge is -2.12. The molecular formula is C16H16N2O4. The molecule has 0 aliphatic rings. The molecule has 2 aromatic carbocycles. The van der Waals surface area contributed by atoms with Crippen LogP contribution in [0.2, 0.25) is 0 Å². The largest absolute Gasteiger partial charge is 0.465 e. The van der Waals surface area contributed by atoms with Crippen LogP contribution >= 0.6 is 0 Å². The van der Waals surface area contributed by atoms with E-state index in [2.05, 4.69) is 10.1 Å². The van der Waals surface area contributed by atoms with Gasteiger partial charge in [0.25, 0.3) is 5.69 Å². The molecule has 0 aliphatic heterocycles. The molecule has 6 nitrogen and oxygen atoms in total. The second kappa shape index (κ2) is 6.71. The van der Waals surface area contributed by atoms with Crippen molar-refractivity contribution in [3.63, 3.8) is 0 Å². The molecule has 2 rings (SSSR count). The topological polar surface area (TPSA) is 81.5 Å². The lowest BCUT2D eigenvalue weighted by atomic mass is 10.1. The van der Waals surface area contributed by atoms with Crippen molar-refractivity contribution in [2.24, 2.45) is 0 Å². The van der Waals surface area contributed by atoms with Crippen LogP contribution in [-0.4, -0.2) is 18.0 Å². The molecule has 114 valence electrons. The molecule has 0 fully saturated rings. The highest BCUT2D eigenvalue weighted by molar-refractivity contribution is 5.96. The van der Waals surface area contributed by atoms with E-state index in [0.717, 1.165) is 11.1 Å². The Morgan fingerprint density at radius 2 is 2.00 bits per heavy atom. The average Bonchev–Trinajstić information content (AvgIpc) is 2.53. The summed E-state index contributed by atoms with van der Waals surface area (Å²) in [6, 6.07) is 11.9. The van der Waals surface area contributed by atoms with E-state index in [-0.39, 0.29) is 11.3 Å². The highest BCUT2D eigenvalue weighted by Crippen LogP contribution is 2.24. The van der Waals surface area contributed by atoms with E-state index in [4.69, 9.17) is 0 Å². The van der Waals surface area contributed by atoms with E-state index >= 15 is 0 Å². The maximum Gasteiger partial charge on any atom is 0.340 e. The number of anilines is 1. The molecule has 0 saturated heterocycles. The Balaban J connectivity index is 2.28. The number of non-ortho nitro benzene ring substituents is 1. The zero-order valence-electron chi connectivity index (χ0n) is 12.3. The minimum Gasteiger partial charge on any atom is -0.465 e. The van der Waals surface area contributed by atoms with Crippen molar-refractivity contribution in [2.75, 3.05) is 12.4 Å². The lowest BCUT2D eigenvalue weighted by molar-refractivity contribution is -0.384. The number of esters is 1. The smallest absolute Gasteiger partial charge is 0.340 e. The van der Waals surface area contributed by atoms with Crippen LogP contribution in [0.1, 0.15) is 21.5 Å². The molecular weight excluding hydrogens is 284 g/mol. The predicted molar refractivity (Wildman–Crippen MR) is 82.9 cm³/mol. The number of ether oxygens (including phenoxy) is 1. The van der Waals surface area contributed by atoms with E-state index in [1.807, 2.05) is 31.2 Å². The number of nitrogens with one attached hydrogen (secondary N) is 1. The van der Waals surface area contributed by atoms with Crippen LogP contribution in [-0.2, 0) is 11.3 Å². The Morgan fingerprint density at radius 1 is 1.27 bits per heavy atom. The molecule has 0 heterocycles. The van der Waals surface area contributed by atoms with Crippen LogP contribution in [0, 0.1) is 17.0 Å². The highest BCUT2D eigenvalue weighted by atomic mass is 16.6. The van der Waals surface area contributed by atoms with Crippen molar-refractivity contribution in [2.45, 2.75) is 13.5 Å². The normalized spacial score (nSPS) is 10.1. The van der Waals surface area contributed by atoms with Crippen LogP contribution in [0.3, 0.4) is 0 Å². The third-order valence-electron chi connectivity index (χ3n) is 3.35. The number of carbonyl (C=O) groups is 1. The zero-order valence-corrected chi connectivity index (χ0v) is 12.3. The minimum absolute atomic E-state index is 0.144. The molecule has 0 aromatic heterocycles. The van der Waals surface area contributed by atoms with Gasteiger partial charge in [-0.15, -0.1) is 0 Å². The first-order valence-electron chi connectivity index (χ1n) is 6.68. The van der Waals surface area contributed by atoms with Crippen molar-refractivity contribution in [3.8, 4) is 0 Å². The van der Waals surface area contributed by atoms with Gasteiger partial charge >= 0.3 is 5.97 Å². The first-order chi connectivity index (χ1) is 10.5. The van der Waals surface area contributed by atoms with Gasteiger partial charge in [-0.05, 0) is 24.1 Å². The fourth-order valence-electron chi connectivity index (χ4n) is 2.08. The van der Waals surface area contributed by atoms with E-state index in [1.165, 1.54) is 25.3 Å². The number of hydrogen-bond acceptors (Lipinski definition) is 5. The van der Waals surface area contributed by atoms with Gasteiger partial charge in [-0.1, -0.05) is 24.3 Å². The first kappa shape index (κ1) is 15.5. The molecule has 22 heavy (non-hydrogen) atoms. The monoisotopic (exact) mass is 300 g/mol. The Morgan fingerprint density at radius 3 is 2.64 bits per heavy atom. The highest BCUT2D eigenvalue weighted by Gasteiger charge is 2.17. The third-order valence-corrected chi connectivity index (χ3v) is 3.35. The molecule has 0 amide bonds.